The highest BCUT2D eigenvalue weighted by molar-refractivity contribution is 7.18. The normalized spacial score (nSPS) is 10.3. The van der Waals surface area contributed by atoms with Gasteiger partial charge in [-0.3, -0.25) is 4.79 Å². The molecule has 1 aromatic heterocycles. The summed E-state index contributed by atoms with van der Waals surface area (Å²) in [4.78, 5) is 12.4. The lowest BCUT2D eigenvalue weighted by atomic mass is 10.1. The predicted molar refractivity (Wildman–Crippen MR) is 66.6 cm³/mol. The van der Waals surface area contributed by atoms with Crippen molar-refractivity contribution in [3.05, 3.63) is 23.6 Å². The number of ketones is 1. The molecule has 4 heteroatoms. The lowest BCUT2D eigenvalue weighted by Crippen LogP contribution is -2.07. The Labute approximate surface area is 94.0 Å². The number of nitrogens with two attached hydrogens (primary N) is 1. The number of nitrogens with one attached hydrogen (secondary N) is 1. The van der Waals surface area contributed by atoms with E-state index in [-0.39, 0.29) is 11.7 Å². The van der Waals surface area contributed by atoms with Gasteiger partial charge in [-0.1, -0.05) is 19.9 Å². The van der Waals surface area contributed by atoms with Crippen molar-refractivity contribution in [1.29, 1.82) is 0 Å². The molecule has 82 valence electrons. The van der Waals surface area contributed by atoms with E-state index in [0.29, 0.717) is 17.1 Å². The number of Topliss-reactive ketones (excluding diaryl/α,β-unsaturated/α-hetero) is 1. The first-order valence-electron chi connectivity index (χ1n) is 4.84. The average Bonchev–Trinajstić information content (AvgIpc) is 2.55. The third-order valence-electron chi connectivity index (χ3n) is 1.93. The molecule has 0 fully saturated rings. The van der Waals surface area contributed by atoms with Crippen molar-refractivity contribution in [2.24, 2.45) is 5.92 Å². The molecule has 0 unspecified atom stereocenters. The van der Waals surface area contributed by atoms with Crippen LogP contribution in [0.4, 0.5) is 10.7 Å². The second-order valence-corrected chi connectivity index (χ2v) is 4.64. The number of hydrogen-bond acceptors (Lipinski definition) is 4. The highest BCUT2D eigenvalue weighted by atomic mass is 32.1. The van der Waals surface area contributed by atoms with E-state index in [4.69, 9.17) is 5.73 Å². The van der Waals surface area contributed by atoms with Gasteiger partial charge in [0.2, 0.25) is 0 Å². The topological polar surface area (TPSA) is 55.1 Å². The Kier molecular flexibility index (Phi) is 3.91. The lowest BCUT2D eigenvalue weighted by Gasteiger charge is -2.01. The molecular weight excluding hydrogens is 208 g/mol. The van der Waals surface area contributed by atoms with Gasteiger partial charge >= 0.3 is 0 Å². The van der Waals surface area contributed by atoms with E-state index >= 15 is 0 Å². The van der Waals surface area contributed by atoms with E-state index in [2.05, 4.69) is 11.9 Å². The summed E-state index contributed by atoms with van der Waals surface area (Å²) in [5.41, 5.74) is 6.34. The van der Waals surface area contributed by atoms with Crippen LogP contribution in [0, 0.1) is 5.92 Å². The van der Waals surface area contributed by atoms with Gasteiger partial charge in [-0.05, 0) is 6.07 Å². The summed E-state index contributed by atoms with van der Waals surface area (Å²) in [5.74, 6) is 0.0855. The van der Waals surface area contributed by atoms with E-state index in [9.17, 15) is 4.79 Å². The molecule has 15 heavy (non-hydrogen) atoms. The van der Waals surface area contributed by atoms with Gasteiger partial charge in [-0.15, -0.1) is 17.9 Å². The van der Waals surface area contributed by atoms with E-state index < -0.39 is 0 Å². The number of thiophene rings is 1. The number of carbonyl (C=O) groups is 1. The highest BCUT2D eigenvalue weighted by Crippen LogP contribution is 2.30. The Bertz CT molecular complexity index is 369. The third kappa shape index (κ3) is 2.83. The van der Waals surface area contributed by atoms with Crippen LogP contribution in [0.3, 0.4) is 0 Å². The average molecular weight is 224 g/mol. The molecule has 1 heterocycles. The van der Waals surface area contributed by atoms with Crippen molar-refractivity contribution < 1.29 is 4.79 Å². The molecule has 0 bridgehead atoms. The maximum Gasteiger partial charge on any atom is 0.177 e. The maximum absolute atomic E-state index is 11.7. The van der Waals surface area contributed by atoms with Gasteiger partial charge in [0.1, 0.15) is 0 Å². The third-order valence-corrected chi connectivity index (χ3v) is 3.05. The summed E-state index contributed by atoms with van der Waals surface area (Å²) >= 11 is 1.40. The van der Waals surface area contributed by atoms with E-state index in [1.165, 1.54) is 11.3 Å². The Morgan fingerprint density at radius 2 is 2.40 bits per heavy atom. The van der Waals surface area contributed by atoms with Gasteiger partial charge in [-0.2, -0.15) is 0 Å². The van der Waals surface area contributed by atoms with Crippen LogP contribution >= 0.6 is 11.3 Å². The van der Waals surface area contributed by atoms with Gasteiger partial charge in [0.05, 0.1) is 15.6 Å². The summed E-state index contributed by atoms with van der Waals surface area (Å²) in [5, 5.41) is 4.03. The summed E-state index contributed by atoms with van der Waals surface area (Å²) in [7, 11) is 0. The molecule has 3 N–H and O–H groups in total. The number of anilines is 2. The molecular formula is C11H16N2OS. The molecule has 0 atom stereocenters. The number of carbonyl (C=O) groups excluding carboxylic acids is 1. The van der Waals surface area contributed by atoms with Gasteiger partial charge in [-0.25, -0.2) is 0 Å². The second-order valence-electron chi connectivity index (χ2n) is 3.58. The molecule has 0 aliphatic rings. The fourth-order valence-electron chi connectivity index (χ4n) is 1.12. The van der Waals surface area contributed by atoms with Crippen LogP contribution in [-0.2, 0) is 0 Å². The van der Waals surface area contributed by atoms with Crippen molar-refractivity contribution in [1.82, 2.24) is 0 Å². The zero-order chi connectivity index (χ0) is 11.4. The largest absolute Gasteiger partial charge is 0.397 e. The zero-order valence-electron chi connectivity index (χ0n) is 9.04. The summed E-state index contributed by atoms with van der Waals surface area (Å²) in [6.45, 7) is 8.03. The smallest absolute Gasteiger partial charge is 0.177 e. The molecule has 0 radical (unpaired) electrons. The summed E-state index contributed by atoms with van der Waals surface area (Å²) < 4.78 is 0. The number of nitrogen functional groups attached to an aromatic ring is 1. The van der Waals surface area contributed by atoms with Crippen molar-refractivity contribution >= 4 is 27.8 Å². The van der Waals surface area contributed by atoms with Gasteiger partial charge in [0, 0.05) is 12.5 Å². The SMILES string of the molecule is C=CCNc1cc(N)c(C(=O)C(C)C)s1. The van der Waals surface area contributed by atoms with Crippen LogP contribution in [0.25, 0.3) is 0 Å². The molecule has 0 aromatic carbocycles. The summed E-state index contributed by atoms with van der Waals surface area (Å²) in [6.07, 6.45) is 1.76. The van der Waals surface area contributed by atoms with Crippen LogP contribution in [-0.4, -0.2) is 12.3 Å². The van der Waals surface area contributed by atoms with Crippen LogP contribution < -0.4 is 11.1 Å². The first kappa shape index (κ1) is 11.8. The van der Waals surface area contributed by atoms with Gasteiger partial charge in [0.25, 0.3) is 0 Å². The zero-order valence-corrected chi connectivity index (χ0v) is 9.86. The fraction of sp³-hybridized carbons (Fsp3) is 0.364. The first-order chi connectivity index (χ1) is 7.06. The molecule has 1 aromatic rings. The predicted octanol–water partition coefficient (Wildman–Crippen LogP) is 2.77. The van der Waals surface area contributed by atoms with E-state index in [0.717, 1.165) is 5.00 Å². The highest BCUT2D eigenvalue weighted by Gasteiger charge is 2.16. The Hall–Kier alpha value is -1.29. The number of hydrogen-bond donors (Lipinski definition) is 2. The fourth-order valence-corrected chi connectivity index (χ4v) is 2.19. The minimum atomic E-state index is -0.0156. The Morgan fingerprint density at radius 3 is 2.93 bits per heavy atom. The van der Waals surface area contributed by atoms with Crippen LogP contribution in [0.15, 0.2) is 18.7 Å². The van der Waals surface area contributed by atoms with Crippen molar-refractivity contribution in [2.75, 3.05) is 17.6 Å². The molecule has 0 amide bonds. The van der Waals surface area contributed by atoms with Crippen molar-refractivity contribution in [3.63, 3.8) is 0 Å². The molecule has 0 aliphatic heterocycles. The van der Waals surface area contributed by atoms with Crippen molar-refractivity contribution in [2.45, 2.75) is 13.8 Å². The van der Waals surface area contributed by atoms with E-state index in [1.807, 2.05) is 13.8 Å². The Morgan fingerprint density at radius 1 is 1.73 bits per heavy atom. The standard InChI is InChI=1S/C11H16N2OS/c1-4-5-13-9-6-8(12)11(15-9)10(14)7(2)3/h4,6-7,13H,1,5,12H2,2-3H3. The minimum absolute atomic E-state index is 0.0156. The molecule has 0 spiro atoms. The molecule has 0 saturated heterocycles. The van der Waals surface area contributed by atoms with Crippen LogP contribution in [0.2, 0.25) is 0 Å². The molecule has 3 nitrogen and oxygen atoms in total. The number of rotatable bonds is 5. The Balaban J connectivity index is 2.86. The molecule has 0 aliphatic carbocycles. The molecule has 1 rings (SSSR count). The van der Waals surface area contributed by atoms with Crippen LogP contribution in [0.1, 0.15) is 23.5 Å². The monoisotopic (exact) mass is 224 g/mol. The lowest BCUT2D eigenvalue weighted by molar-refractivity contribution is 0.0944. The molecule has 0 saturated carbocycles. The van der Waals surface area contributed by atoms with Gasteiger partial charge < -0.3 is 11.1 Å². The quantitative estimate of drug-likeness (QED) is 0.597. The van der Waals surface area contributed by atoms with E-state index in [1.54, 1.807) is 12.1 Å². The first-order valence-corrected chi connectivity index (χ1v) is 5.66. The van der Waals surface area contributed by atoms with Crippen LogP contribution in [0.5, 0.6) is 0 Å². The van der Waals surface area contributed by atoms with Crippen molar-refractivity contribution in [3.8, 4) is 0 Å². The minimum Gasteiger partial charge on any atom is -0.397 e. The second kappa shape index (κ2) is 4.98. The maximum atomic E-state index is 11.7. The van der Waals surface area contributed by atoms with Gasteiger partial charge in [0.15, 0.2) is 5.78 Å². The summed E-state index contributed by atoms with van der Waals surface area (Å²) in [6, 6.07) is 1.80.